The van der Waals surface area contributed by atoms with E-state index in [0.29, 0.717) is 23.9 Å². The van der Waals surface area contributed by atoms with Crippen molar-refractivity contribution in [3.05, 3.63) is 0 Å². The zero-order valence-electron chi connectivity index (χ0n) is 19.8. The lowest BCUT2D eigenvalue weighted by Gasteiger charge is -2.57. The van der Waals surface area contributed by atoms with E-state index in [-0.39, 0.29) is 0 Å². The summed E-state index contributed by atoms with van der Waals surface area (Å²) in [7, 11) is 2.71. The van der Waals surface area contributed by atoms with Crippen LogP contribution in [0.5, 0.6) is 0 Å². The fraction of sp³-hybridized carbons (Fsp3) is 0.960. The average Bonchev–Trinajstić information content (AvgIpc) is 3.08. The first-order chi connectivity index (χ1) is 13.9. The summed E-state index contributed by atoms with van der Waals surface area (Å²) < 4.78 is 5.30. The van der Waals surface area contributed by atoms with Crippen molar-refractivity contribution < 1.29 is 14.9 Å². The van der Waals surface area contributed by atoms with Crippen molar-refractivity contribution in [3.63, 3.8) is 0 Å². The Hall–Kier alpha value is -0.450. The summed E-state index contributed by atoms with van der Waals surface area (Å²) in [5.41, 5.74) is 0.756. The van der Waals surface area contributed by atoms with Crippen LogP contribution in [0, 0.1) is 46.3 Å². The number of ether oxygens (including phenoxy) is 1. The van der Waals surface area contributed by atoms with E-state index in [1.807, 2.05) is 20.8 Å². The minimum absolute atomic E-state index is 0.394. The number of aliphatic hydroxyl groups excluding tert-OH is 1. The SMILES string of the molecule is CC.CO.COC[C@@]1(O)CCC2C(CCC3C2CCC2(C)C(C(C)=N)CCC32)C1. The lowest BCUT2D eigenvalue weighted by molar-refractivity contribution is -0.122. The molecule has 0 radical (unpaired) electrons. The molecular weight excluding hydrogens is 362 g/mol. The first-order valence-electron chi connectivity index (χ1n) is 12.1. The molecule has 4 aliphatic rings. The van der Waals surface area contributed by atoms with Gasteiger partial charge in [-0.1, -0.05) is 20.8 Å². The number of hydrogen-bond acceptors (Lipinski definition) is 4. The van der Waals surface area contributed by atoms with Gasteiger partial charge in [-0.25, -0.2) is 0 Å². The molecule has 0 saturated heterocycles. The summed E-state index contributed by atoms with van der Waals surface area (Å²) in [5, 5.41) is 26.1. The van der Waals surface area contributed by atoms with Crippen LogP contribution in [0.15, 0.2) is 0 Å². The molecule has 4 nitrogen and oxygen atoms in total. The van der Waals surface area contributed by atoms with Crippen LogP contribution in [-0.4, -0.2) is 42.4 Å². The molecule has 4 aliphatic carbocycles. The normalized spacial score (nSPS) is 45.4. The van der Waals surface area contributed by atoms with E-state index in [2.05, 4.69) is 6.92 Å². The van der Waals surface area contributed by atoms with Crippen molar-refractivity contribution >= 4 is 5.71 Å². The van der Waals surface area contributed by atoms with Crippen molar-refractivity contribution in [3.8, 4) is 0 Å². The third kappa shape index (κ3) is 4.60. The number of rotatable bonds is 3. The molecule has 170 valence electrons. The van der Waals surface area contributed by atoms with Gasteiger partial charge >= 0.3 is 0 Å². The van der Waals surface area contributed by atoms with Gasteiger partial charge in [-0.15, -0.1) is 0 Å². The lowest BCUT2D eigenvalue weighted by Crippen LogP contribution is -2.52. The lowest BCUT2D eigenvalue weighted by atomic mass is 9.49. The standard InChI is InChI=1S/C22H37NO2.C2H6.CH4O/c1-14(23)19-6-7-20-18-5-4-15-12-22(24,13-25-3)11-9-16(15)17(18)8-10-21(19,20)2;2*1-2/h15-20,23-24H,4-13H2,1-3H3;1-2H3;2H,1H3/t15?,16?,17?,18?,19?,20?,21?,22-;;/m1../s1. The van der Waals surface area contributed by atoms with Crippen LogP contribution >= 0.6 is 0 Å². The molecule has 0 heterocycles. The average molecular weight is 410 g/mol. The molecule has 4 rings (SSSR count). The molecule has 0 bridgehead atoms. The van der Waals surface area contributed by atoms with Gasteiger partial charge in [0.15, 0.2) is 0 Å². The van der Waals surface area contributed by atoms with Crippen LogP contribution in [0.4, 0.5) is 0 Å². The second kappa shape index (κ2) is 10.2. The van der Waals surface area contributed by atoms with Crippen molar-refractivity contribution in [2.75, 3.05) is 20.8 Å². The van der Waals surface area contributed by atoms with Crippen molar-refractivity contribution in [1.82, 2.24) is 0 Å². The zero-order valence-corrected chi connectivity index (χ0v) is 19.8. The Morgan fingerprint density at radius 3 is 2.24 bits per heavy atom. The summed E-state index contributed by atoms with van der Waals surface area (Å²) in [6.45, 7) is 9.05. The highest BCUT2D eigenvalue weighted by atomic mass is 16.5. The fourth-order valence-electron chi connectivity index (χ4n) is 8.07. The van der Waals surface area contributed by atoms with Crippen LogP contribution in [0.25, 0.3) is 0 Å². The first kappa shape index (κ1) is 24.8. The highest BCUT2D eigenvalue weighted by molar-refractivity contribution is 5.82. The Bertz CT molecular complexity index is 538. The summed E-state index contributed by atoms with van der Waals surface area (Å²) >= 11 is 0. The monoisotopic (exact) mass is 409 g/mol. The van der Waals surface area contributed by atoms with Gasteiger partial charge in [-0.05, 0) is 99.7 Å². The Morgan fingerprint density at radius 1 is 0.966 bits per heavy atom. The number of fused-ring (bicyclic) bond motifs is 5. The van der Waals surface area contributed by atoms with Crippen molar-refractivity contribution in [2.24, 2.45) is 40.9 Å². The Balaban J connectivity index is 0.000000707. The van der Waals surface area contributed by atoms with Crippen LogP contribution in [0.1, 0.15) is 85.5 Å². The second-order valence-electron chi connectivity index (χ2n) is 10.2. The van der Waals surface area contributed by atoms with E-state index >= 15 is 0 Å². The minimum Gasteiger partial charge on any atom is -0.400 e. The Kier molecular flexibility index (Phi) is 8.76. The predicted octanol–water partition coefficient (Wildman–Crippen LogP) is 5.31. The van der Waals surface area contributed by atoms with Gasteiger partial charge in [0.2, 0.25) is 0 Å². The third-order valence-electron chi connectivity index (χ3n) is 9.04. The maximum atomic E-state index is 10.8. The van der Waals surface area contributed by atoms with E-state index in [1.165, 1.54) is 44.9 Å². The molecule has 0 amide bonds. The van der Waals surface area contributed by atoms with Crippen LogP contribution in [-0.2, 0) is 4.74 Å². The molecule has 3 N–H and O–H groups in total. The molecule has 4 fully saturated rings. The molecule has 0 aromatic heterocycles. The predicted molar refractivity (Wildman–Crippen MR) is 120 cm³/mol. The molecule has 4 heteroatoms. The fourth-order valence-corrected chi connectivity index (χ4v) is 8.07. The molecule has 7 unspecified atom stereocenters. The number of aliphatic hydroxyl groups is 2. The van der Waals surface area contributed by atoms with Crippen molar-refractivity contribution in [1.29, 1.82) is 5.41 Å². The highest BCUT2D eigenvalue weighted by Gasteiger charge is 2.58. The largest absolute Gasteiger partial charge is 0.400 e. The first-order valence-corrected chi connectivity index (χ1v) is 12.1. The molecule has 0 aromatic carbocycles. The smallest absolute Gasteiger partial charge is 0.0882 e. The summed E-state index contributed by atoms with van der Waals surface area (Å²) in [6.07, 6.45) is 11.0. The van der Waals surface area contributed by atoms with Crippen LogP contribution in [0.2, 0.25) is 0 Å². The second-order valence-corrected chi connectivity index (χ2v) is 10.2. The highest BCUT2D eigenvalue weighted by Crippen LogP contribution is 2.64. The molecule has 0 aromatic rings. The van der Waals surface area contributed by atoms with Gasteiger partial charge in [0.05, 0.1) is 12.2 Å². The minimum atomic E-state index is -0.568. The van der Waals surface area contributed by atoms with Crippen molar-refractivity contribution in [2.45, 2.75) is 91.1 Å². The van der Waals surface area contributed by atoms with Gasteiger partial charge in [0.1, 0.15) is 0 Å². The number of hydrogen-bond donors (Lipinski definition) is 3. The Labute approximate surface area is 179 Å². The number of methoxy groups -OCH3 is 1. The molecule has 29 heavy (non-hydrogen) atoms. The third-order valence-corrected chi connectivity index (χ3v) is 9.04. The van der Waals surface area contributed by atoms with Gasteiger partial charge < -0.3 is 20.4 Å². The summed E-state index contributed by atoms with van der Waals surface area (Å²) in [6, 6.07) is 0. The maximum Gasteiger partial charge on any atom is 0.0882 e. The topological polar surface area (TPSA) is 73.5 Å². The molecule has 0 aliphatic heterocycles. The van der Waals surface area contributed by atoms with E-state index in [4.69, 9.17) is 15.3 Å². The van der Waals surface area contributed by atoms with Crippen LogP contribution < -0.4 is 0 Å². The quantitative estimate of drug-likeness (QED) is 0.553. The summed E-state index contributed by atoms with van der Waals surface area (Å²) in [4.78, 5) is 0. The van der Waals surface area contributed by atoms with Gasteiger partial charge in [-0.3, -0.25) is 0 Å². The van der Waals surface area contributed by atoms with E-state index in [9.17, 15) is 5.11 Å². The Morgan fingerprint density at radius 2 is 1.62 bits per heavy atom. The van der Waals surface area contributed by atoms with Gasteiger partial charge in [0, 0.05) is 25.8 Å². The van der Waals surface area contributed by atoms with E-state index < -0.39 is 5.60 Å². The van der Waals surface area contributed by atoms with Gasteiger partial charge in [0.25, 0.3) is 0 Å². The summed E-state index contributed by atoms with van der Waals surface area (Å²) in [5.74, 6) is 4.69. The van der Waals surface area contributed by atoms with Gasteiger partial charge in [-0.2, -0.15) is 0 Å². The van der Waals surface area contributed by atoms with E-state index in [0.717, 1.165) is 49.3 Å². The molecule has 0 spiro atoms. The molecule has 4 saturated carbocycles. The molecular formula is C25H47NO3. The van der Waals surface area contributed by atoms with E-state index in [1.54, 1.807) is 7.11 Å². The van der Waals surface area contributed by atoms with Crippen LogP contribution in [0.3, 0.4) is 0 Å². The zero-order chi connectivity index (χ0) is 21.8. The molecule has 8 atom stereocenters. The maximum absolute atomic E-state index is 10.8. The number of nitrogens with one attached hydrogen (secondary N) is 1.